The lowest BCUT2D eigenvalue weighted by Gasteiger charge is -2.29. The lowest BCUT2D eigenvalue weighted by atomic mass is 9.76. The van der Waals surface area contributed by atoms with Crippen molar-refractivity contribution in [2.45, 2.75) is 33.1 Å². The summed E-state index contributed by atoms with van der Waals surface area (Å²) in [7, 11) is 1.36. The number of esters is 1. The van der Waals surface area contributed by atoms with Crippen LogP contribution in [0.25, 0.3) is 0 Å². The van der Waals surface area contributed by atoms with E-state index in [9.17, 15) is 9.59 Å². The van der Waals surface area contributed by atoms with E-state index in [0.29, 0.717) is 16.3 Å². The maximum atomic E-state index is 12.3. The van der Waals surface area contributed by atoms with Crippen molar-refractivity contribution in [1.82, 2.24) is 10.2 Å². The standard InChI is InChI=1S/C16H19N3O3S/c1-16(2)6-4-11-9(8-16)12(15(21)22-3)14(23-11)18-13(20)10-5-7-17-19-10/h5,7H,4,6,8H2,1-3H3,(H,17,19)(H,18,20). The number of aromatic nitrogens is 2. The first kappa shape index (κ1) is 15.7. The Morgan fingerprint density at radius 1 is 1.43 bits per heavy atom. The molecule has 122 valence electrons. The Labute approximate surface area is 138 Å². The number of amides is 1. The molecule has 7 heteroatoms. The number of thiophene rings is 1. The lowest BCUT2D eigenvalue weighted by molar-refractivity contribution is 0.0600. The molecule has 6 nitrogen and oxygen atoms in total. The fraction of sp³-hybridized carbons (Fsp3) is 0.438. The van der Waals surface area contributed by atoms with Gasteiger partial charge in [0.15, 0.2) is 0 Å². The Balaban J connectivity index is 1.98. The van der Waals surface area contributed by atoms with Crippen LogP contribution in [0, 0.1) is 5.41 Å². The van der Waals surface area contributed by atoms with Gasteiger partial charge in [0, 0.05) is 11.1 Å². The highest BCUT2D eigenvalue weighted by molar-refractivity contribution is 7.17. The predicted octanol–water partition coefficient (Wildman–Crippen LogP) is 3.03. The van der Waals surface area contributed by atoms with Crippen molar-refractivity contribution in [3.8, 4) is 0 Å². The Morgan fingerprint density at radius 3 is 2.87 bits per heavy atom. The van der Waals surface area contributed by atoms with E-state index in [1.54, 1.807) is 6.07 Å². The maximum Gasteiger partial charge on any atom is 0.341 e. The second kappa shape index (κ2) is 5.81. The molecule has 0 saturated heterocycles. The minimum atomic E-state index is -0.403. The van der Waals surface area contributed by atoms with Gasteiger partial charge in [-0.3, -0.25) is 9.89 Å². The molecule has 2 aromatic heterocycles. The van der Waals surface area contributed by atoms with Crippen LogP contribution in [-0.4, -0.2) is 29.2 Å². The van der Waals surface area contributed by atoms with Gasteiger partial charge < -0.3 is 10.1 Å². The van der Waals surface area contributed by atoms with Crippen molar-refractivity contribution in [2.24, 2.45) is 5.41 Å². The van der Waals surface area contributed by atoms with Crippen LogP contribution in [0.15, 0.2) is 12.3 Å². The predicted molar refractivity (Wildman–Crippen MR) is 88.0 cm³/mol. The number of carbonyl (C=O) groups is 2. The summed E-state index contributed by atoms with van der Waals surface area (Å²) in [6.07, 6.45) is 4.30. The summed E-state index contributed by atoms with van der Waals surface area (Å²) in [6, 6.07) is 1.59. The van der Waals surface area contributed by atoms with Gasteiger partial charge in [-0.2, -0.15) is 5.10 Å². The Morgan fingerprint density at radius 2 is 2.22 bits per heavy atom. The third-order valence-electron chi connectivity index (χ3n) is 4.14. The summed E-state index contributed by atoms with van der Waals surface area (Å²) < 4.78 is 4.94. The molecule has 2 N–H and O–H groups in total. The van der Waals surface area contributed by atoms with Gasteiger partial charge in [0.05, 0.1) is 12.7 Å². The van der Waals surface area contributed by atoms with E-state index in [4.69, 9.17) is 4.74 Å². The first-order chi connectivity index (χ1) is 10.9. The Bertz CT molecular complexity index is 747. The van der Waals surface area contributed by atoms with Crippen LogP contribution in [0.2, 0.25) is 0 Å². The Hall–Kier alpha value is -2.15. The van der Waals surface area contributed by atoms with Crippen LogP contribution < -0.4 is 5.32 Å². The number of hydrogen-bond donors (Lipinski definition) is 2. The normalized spacial score (nSPS) is 15.8. The molecule has 0 fully saturated rings. The second-order valence-electron chi connectivity index (χ2n) is 6.46. The Kier molecular flexibility index (Phi) is 3.97. The molecule has 2 heterocycles. The summed E-state index contributed by atoms with van der Waals surface area (Å²) in [5.74, 6) is -0.717. The molecule has 2 aromatic rings. The average Bonchev–Trinajstić information content (AvgIpc) is 3.13. The van der Waals surface area contributed by atoms with E-state index in [-0.39, 0.29) is 11.3 Å². The monoisotopic (exact) mass is 333 g/mol. The molecule has 0 saturated carbocycles. The number of fused-ring (bicyclic) bond motifs is 1. The SMILES string of the molecule is COC(=O)c1c(NC(=O)c2ccn[nH]2)sc2c1CC(C)(C)CC2. The van der Waals surface area contributed by atoms with Crippen LogP contribution in [0.4, 0.5) is 5.00 Å². The number of ether oxygens (including phenoxy) is 1. The minimum absolute atomic E-state index is 0.140. The smallest absolute Gasteiger partial charge is 0.341 e. The topological polar surface area (TPSA) is 84.1 Å². The van der Waals surface area contributed by atoms with Gasteiger partial charge in [-0.25, -0.2) is 4.79 Å². The van der Waals surface area contributed by atoms with Gasteiger partial charge in [0.1, 0.15) is 10.7 Å². The molecule has 23 heavy (non-hydrogen) atoms. The fourth-order valence-electron chi connectivity index (χ4n) is 2.88. The lowest BCUT2D eigenvalue weighted by Crippen LogP contribution is -2.23. The molecule has 0 unspecified atom stereocenters. The number of nitrogens with zero attached hydrogens (tertiary/aromatic N) is 1. The molecular formula is C16H19N3O3S. The highest BCUT2D eigenvalue weighted by Gasteiger charge is 2.33. The van der Waals surface area contributed by atoms with Crippen molar-refractivity contribution in [3.05, 3.63) is 34.0 Å². The van der Waals surface area contributed by atoms with E-state index in [2.05, 4.69) is 29.4 Å². The molecule has 3 rings (SSSR count). The van der Waals surface area contributed by atoms with E-state index < -0.39 is 5.97 Å². The van der Waals surface area contributed by atoms with Crippen LogP contribution in [0.1, 0.15) is 51.6 Å². The fourth-order valence-corrected chi connectivity index (χ4v) is 4.08. The molecule has 0 aliphatic heterocycles. The van der Waals surface area contributed by atoms with Crippen molar-refractivity contribution >= 4 is 28.2 Å². The third-order valence-corrected chi connectivity index (χ3v) is 5.34. The summed E-state index contributed by atoms with van der Waals surface area (Å²) in [4.78, 5) is 25.7. The van der Waals surface area contributed by atoms with Gasteiger partial charge >= 0.3 is 5.97 Å². The van der Waals surface area contributed by atoms with E-state index in [1.165, 1.54) is 24.6 Å². The summed E-state index contributed by atoms with van der Waals surface area (Å²) >= 11 is 1.46. The molecule has 0 radical (unpaired) electrons. The maximum absolute atomic E-state index is 12.3. The number of rotatable bonds is 3. The zero-order valence-corrected chi connectivity index (χ0v) is 14.2. The van der Waals surface area contributed by atoms with Gasteiger partial charge in [-0.1, -0.05) is 13.8 Å². The molecule has 0 aromatic carbocycles. The molecule has 0 spiro atoms. The van der Waals surface area contributed by atoms with Crippen LogP contribution >= 0.6 is 11.3 Å². The summed E-state index contributed by atoms with van der Waals surface area (Å²) in [6.45, 7) is 4.38. The highest BCUT2D eigenvalue weighted by atomic mass is 32.1. The summed E-state index contributed by atoms with van der Waals surface area (Å²) in [5.41, 5.74) is 2.00. The van der Waals surface area contributed by atoms with Gasteiger partial charge in [-0.15, -0.1) is 11.3 Å². The van der Waals surface area contributed by atoms with Crippen LogP contribution in [0.3, 0.4) is 0 Å². The molecule has 1 aliphatic rings. The minimum Gasteiger partial charge on any atom is -0.465 e. The van der Waals surface area contributed by atoms with Crippen LogP contribution in [-0.2, 0) is 17.6 Å². The molecular weight excluding hydrogens is 314 g/mol. The highest BCUT2D eigenvalue weighted by Crippen LogP contribution is 2.44. The summed E-state index contributed by atoms with van der Waals surface area (Å²) in [5, 5.41) is 9.76. The number of hydrogen-bond acceptors (Lipinski definition) is 5. The van der Waals surface area contributed by atoms with Crippen molar-refractivity contribution in [1.29, 1.82) is 0 Å². The van der Waals surface area contributed by atoms with E-state index in [1.807, 2.05) is 0 Å². The largest absolute Gasteiger partial charge is 0.465 e. The zero-order valence-electron chi connectivity index (χ0n) is 13.4. The number of aromatic amines is 1. The zero-order chi connectivity index (χ0) is 16.6. The first-order valence-electron chi connectivity index (χ1n) is 7.45. The molecule has 0 atom stereocenters. The van der Waals surface area contributed by atoms with E-state index >= 15 is 0 Å². The van der Waals surface area contributed by atoms with E-state index in [0.717, 1.165) is 29.7 Å². The number of carbonyl (C=O) groups excluding carboxylic acids is 2. The number of anilines is 1. The molecule has 0 bridgehead atoms. The average molecular weight is 333 g/mol. The molecule has 1 amide bonds. The van der Waals surface area contributed by atoms with Crippen LogP contribution in [0.5, 0.6) is 0 Å². The quantitative estimate of drug-likeness (QED) is 0.846. The second-order valence-corrected chi connectivity index (χ2v) is 7.57. The number of aryl methyl sites for hydroxylation is 1. The van der Waals surface area contributed by atoms with Crippen molar-refractivity contribution in [3.63, 3.8) is 0 Å². The van der Waals surface area contributed by atoms with Crippen molar-refractivity contribution in [2.75, 3.05) is 12.4 Å². The number of nitrogens with one attached hydrogen (secondary N) is 2. The van der Waals surface area contributed by atoms with Gasteiger partial charge in [0.2, 0.25) is 0 Å². The van der Waals surface area contributed by atoms with Crippen molar-refractivity contribution < 1.29 is 14.3 Å². The number of H-pyrrole nitrogens is 1. The molecule has 1 aliphatic carbocycles. The van der Waals surface area contributed by atoms with Gasteiger partial charge in [0.25, 0.3) is 5.91 Å². The van der Waals surface area contributed by atoms with Gasteiger partial charge in [-0.05, 0) is 36.3 Å². The third kappa shape index (κ3) is 3.01. The first-order valence-corrected chi connectivity index (χ1v) is 8.26. The number of methoxy groups -OCH3 is 1.